The number of carbonyl (C=O) groups excluding carboxylic acids is 4. The Kier molecular flexibility index (Phi) is 5.66. The van der Waals surface area contributed by atoms with Gasteiger partial charge in [-0.25, -0.2) is 0 Å². The molecular formula is C25H16BrN3O4S. The maximum atomic E-state index is 13.1. The highest BCUT2D eigenvalue weighted by atomic mass is 79.9. The molecule has 1 aliphatic heterocycles. The molecule has 0 saturated carbocycles. The molecule has 7 nitrogen and oxygen atoms in total. The van der Waals surface area contributed by atoms with Crippen molar-refractivity contribution >= 4 is 68.5 Å². The molecule has 2 aromatic carbocycles. The third kappa shape index (κ3) is 3.76. The van der Waals surface area contributed by atoms with Crippen LogP contribution in [0.4, 0.5) is 5.69 Å². The van der Waals surface area contributed by atoms with Crippen molar-refractivity contribution in [2.75, 3.05) is 4.90 Å². The maximum Gasteiger partial charge on any atom is 0.251 e. The Morgan fingerprint density at radius 1 is 0.941 bits per heavy atom. The first kappa shape index (κ1) is 22.2. The molecule has 0 spiro atoms. The minimum atomic E-state index is -1.20. The molecule has 2 aromatic rings. The Morgan fingerprint density at radius 2 is 1.59 bits per heavy atom. The van der Waals surface area contributed by atoms with Crippen LogP contribution in [0.15, 0.2) is 81.9 Å². The number of ketones is 2. The van der Waals surface area contributed by atoms with Crippen molar-refractivity contribution in [2.24, 2.45) is 22.7 Å². The van der Waals surface area contributed by atoms with Gasteiger partial charge in [0, 0.05) is 21.8 Å². The lowest BCUT2D eigenvalue weighted by Crippen LogP contribution is -2.58. The normalized spacial score (nSPS) is 24.1. The van der Waals surface area contributed by atoms with Crippen LogP contribution < -0.4 is 10.2 Å². The summed E-state index contributed by atoms with van der Waals surface area (Å²) in [6.07, 6.45) is 6.13. The summed E-state index contributed by atoms with van der Waals surface area (Å²) < 4.78 is 0.835. The van der Waals surface area contributed by atoms with Crippen LogP contribution in [0.2, 0.25) is 0 Å². The molecule has 1 heterocycles. The molecule has 9 heteroatoms. The number of allylic oxidation sites excluding steroid dienone is 3. The van der Waals surface area contributed by atoms with E-state index in [0.29, 0.717) is 22.5 Å². The summed E-state index contributed by atoms with van der Waals surface area (Å²) in [5, 5.41) is 2.53. The minimum Gasteiger partial charge on any atom is -0.301 e. The molecule has 0 bridgehead atoms. The summed E-state index contributed by atoms with van der Waals surface area (Å²) >= 11 is 8.55. The Balaban J connectivity index is 1.41. The van der Waals surface area contributed by atoms with E-state index in [4.69, 9.17) is 12.2 Å². The summed E-state index contributed by atoms with van der Waals surface area (Å²) in [7, 11) is 0. The second kappa shape index (κ2) is 8.66. The van der Waals surface area contributed by atoms with Gasteiger partial charge in [0.15, 0.2) is 22.6 Å². The summed E-state index contributed by atoms with van der Waals surface area (Å²) in [5.74, 6) is -3.86. The van der Waals surface area contributed by atoms with Crippen LogP contribution in [0, 0.1) is 17.8 Å². The van der Waals surface area contributed by atoms with E-state index in [-0.39, 0.29) is 16.7 Å². The summed E-state index contributed by atoms with van der Waals surface area (Å²) in [5.41, 5.74) is 1.73. The van der Waals surface area contributed by atoms with E-state index in [1.54, 1.807) is 66.8 Å². The molecule has 2 amide bonds. The van der Waals surface area contributed by atoms with Gasteiger partial charge in [0.25, 0.3) is 5.91 Å². The molecule has 168 valence electrons. The standard InChI is InChI=1S/C25H16BrN3O4S/c26-13-5-8-15(9-6-13)29-24(33)20(23(32)28-25(29)34)12-27-14-7-10-18-19(11-14)22(31)17-4-2-1-3-16(17)21(18)30/h1-12,18-20H,(H,28,32,34)/t18-,19+,20+/m0/s1. The fraction of sp³-hybridized carbons (Fsp3) is 0.120. The number of nitrogens with one attached hydrogen (secondary N) is 1. The molecule has 0 aromatic heterocycles. The van der Waals surface area contributed by atoms with Crippen molar-refractivity contribution < 1.29 is 19.2 Å². The van der Waals surface area contributed by atoms with Crippen molar-refractivity contribution in [2.45, 2.75) is 0 Å². The number of hydrogen-bond donors (Lipinski definition) is 1. The van der Waals surface area contributed by atoms with Crippen LogP contribution in [0.3, 0.4) is 0 Å². The average Bonchev–Trinajstić information content (AvgIpc) is 2.83. The second-order valence-electron chi connectivity index (χ2n) is 7.98. The fourth-order valence-corrected chi connectivity index (χ4v) is 4.79. The third-order valence-corrected chi connectivity index (χ3v) is 6.75. The SMILES string of the molecule is O=C1NC(=S)N(c2ccc(Br)cc2)C(=O)[C@@H]1C=NC1=C[C@H]2C(=O)c3ccccc3C(=O)[C@H]2C=C1. The summed E-state index contributed by atoms with van der Waals surface area (Å²) in [6, 6.07) is 13.7. The van der Waals surface area contributed by atoms with E-state index in [0.717, 1.165) is 4.47 Å². The van der Waals surface area contributed by atoms with Gasteiger partial charge in [0.1, 0.15) is 0 Å². The first-order chi connectivity index (χ1) is 16.3. The van der Waals surface area contributed by atoms with Gasteiger partial charge < -0.3 is 5.32 Å². The number of anilines is 1. The van der Waals surface area contributed by atoms with Gasteiger partial charge in [-0.05, 0) is 48.6 Å². The van der Waals surface area contributed by atoms with Gasteiger partial charge >= 0.3 is 0 Å². The van der Waals surface area contributed by atoms with Crippen LogP contribution in [0.1, 0.15) is 20.7 Å². The predicted molar refractivity (Wildman–Crippen MR) is 134 cm³/mol. The molecule has 0 unspecified atom stereocenters. The first-order valence-electron chi connectivity index (χ1n) is 10.4. The summed E-state index contributed by atoms with van der Waals surface area (Å²) in [6.45, 7) is 0. The highest BCUT2D eigenvalue weighted by molar-refractivity contribution is 9.10. The van der Waals surface area contributed by atoms with Gasteiger partial charge in [0.2, 0.25) is 5.91 Å². The second-order valence-corrected chi connectivity index (χ2v) is 9.28. The maximum absolute atomic E-state index is 13.1. The monoisotopic (exact) mass is 533 g/mol. The smallest absolute Gasteiger partial charge is 0.251 e. The molecule has 34 heavy (non-hydrogen) atoms. The van der Waals surface area contributed by atoms with Crippen molar-refractivity contribution in [1.82, 2.24) is 5.32 Å². The Labute approximate surface area is 208 Å². The van der Waals surface area contributed by atoms with Crippen LogP contribution in [-0.4, -0.2) is 34.7 Å². The lowest BCUT2D eigenvalue weighted by molar-refractivity contribution is -0.130. The molecule has 1 fully saturated rings. The number of Topliss-reactive ketones (excluding diaryl/α,β-unsaturated/α-hetero) is 2. The predicted octanol–water partition coefficient (Wildman–Crippen LogP) is 3.65. The van der Waals surface area contributed by atoms with E-state index in [2.05, 4.69) is 26.2 Å². The van der Waals surface area contributed by atoms with E-state index in [1.807, 2.05) is 0 Å². The molecule has 0 radical (unpaired) electrons. The van der Waals surface area contributed by atoms with E-state index in [9.17, 15) is 19.2 Å². The number of thiocarbonyl (C=S) groups is 1. The molecule has 1 saturated heterocycles. The number of nitrogens with zero attached hydrogens (tertiary/aromatic N) is 2. The van der Waals surface area contributed by atoms with Crippen LogP contribution in [-0.2, 0) is 9.59 Å². The van der Waals surface area contributed by atoms with E-state index >= 15 is 0 Å². The van der Waals surface area contributed by atoms with Gasteiger partial charge in [-0.3, -0.25) is 29.1 Å². The molecular weight excluding hydrogens is 518 g/mol. The van der Waals surface area contributed by atoms with Crippen molar-refractivity contribution in [3.05, 3.63) is 88.1 Å². The van der Waals surface area contributed by atoms with Crippen LogP contribution >= 0.6 is 28.1 Å². The number of hydrogen-bond acceptors (Lipinski definition) is 6. The van der Waals surface area contributed by atoms with Gasteiger partial charge in [-0.2, -0.15) is 0 Å². The number of halogens is 1. The first-order valence-corrected chi connectivity index (χ1v) is 11.6. The number of aliphatic imine (C=N–C) groups is 1. The molecule has 5 rings (SSSR count). The van der Waals surface area contributed by atoms with E-state index < -0.39 is 29.6 Å². The Hall–Kier alpha value is -3.56. The zero-order chi connectivity index (χ0) is 24.0. The van der Waals surface area contributed by atoms with Crippen LogP contribution in [0.5, 0.6) is 0 Å². The molecule has 1 N–H and O–H groups in total. The van der Waals surface area contributed by atoms with E-state index in [1.165, 1.54) is 11.1 Å². The molecule has 3 aliphatic rings. The van der Waals surface area contributed by atoms with Gasteiger partial charge in [-0.1, -0.05) is 46.3 Å². The number of fused-ring (bicyclic) bond motifs is 2. The largest absolute Gasteiger partial charge is 0.301 e. The fourth-order valence-electron chi connectivity index (χ4n) is 4.23. The van der Waals surface area contributed by atoms with Crippen LogP contribution in [0.25, 0.3) is 0 Å². The number of amides is 2. The Morgan fingerprint density at radius 3 is 2.26 bits per heavy atom. The lowest BCUT2D eigenvalue weighted by atomic mass is 9.72. The third-order valence-electron chi connectivity index (χ3n) is 5.93. The summed E-state index contributed by atoms with van der Waals surface area (Å²) in [4.78, 5) is 57.0. The quantitative estimate of drug-likeness (QED) is 0.369. The number of rotatable bonds is 3. The average molecular weight is 534 g/mol. The number of benzene rings is 2. The van der Waals surface area contributed by atoms with Crippen molar-refractivity contribution in [1.29, 1.82) is 0 Å². The highest BCUT2D eigenvalue weighted by Gasteiger charge is 2.41. The van der Waals surface area contributed by atoms with Gasteiger partial charge in [0.05, 0.1) is 23.2 Å². The zero-order valence-corrected chi connectivity index (χ0v) is 19.9. The topological polar surface area (TPSA) is 95.9 Å². The molecule has 2 aliphatic carbocycles. The minimum absolute atomic E-state index is 0.00780. The number of carbonyl (C=O) groups is 4. The zero-order valence-electron chi connectivity index (χ0n) is 17.5. The van der Waals surface area contributed by atoms with Crippen molar-refractivity contribution in [3.8, 4) is 0 Å². The molecule has 3 atom stereocenters. The highest BCUT2D eigenvalue weighted by Crippen LogP contribution is 2.35. The lowest BCUT2D eigenvalue weighted by Gasteiger charge is -2.31. The van der Waals surface area contributed by atoms with Crippen molar-refractivity contribution in [3.63, 3.8) is 0 Å². The Bertz CT molecular complexity index is 1360. The van der Waals surface area contributed by atoms with Gasteiger partial charge in [-0.15, -0.1) is 0 Å².